The van der Waals surface area contributed by atoms with E-state index in [0.717, 1.165) is 6.42 Å². The molecule has 12 heteroatoms. The molecule has 4 atom stereocenters. The predicted octanol–water partition coefficient (Wildman–Crippen LogP) is 6.56. The summed E-state index contributed by atoms with van der Waals surface area (Å²) < 4.78 is 46.2. The molecular formula is C40H70N2O10. The van der Waals surface area contributed by atoms with Crippen molar-refractivity contribution in [2.24, 2.45) is 28.1 Å². The number of rotatable bonds is 31. The van der Waals surface area contributed by atoms with Crippen LogP contribution in [-0.2, 0) is 37.9 Å². The predicted molar refractivity (Wildman–Crippen MR) is 208 cm³/mol. The van der Waals surface area contributed by atoms with Gasteiger partial charge in [0.25, 0.3) is 0 Å². The molecule has 1 aliphatic rings. The highest BCUT2D eigenvalue weighted by atomic mass is 16.6. The number of alkyl carbamates (subject to hydrolysis) is 2. The molecule has 300 valence electrons. The Hall–Kier alpha value is -3.26. The van der Waals surface area contributed by atoms with Crippen LogP contribution in [0.5, 0.6) is 0 Å². The third kappa shape index (κ3) is 18.0. The second-order valence-corrected chi connectivity index (χ2v) is 14.0. The highest BCUT2D eigenvalue weighted by Crippen LogP contribution is 2.43. The molecule has 0 spiro atoms. The number of ether oxygens (including phenoxy) is 8. The minimum atomic E-state index is -0.761. The minimum absolute atomic E-state index is 0. The lowest BCUT2D eigenvalue weighted by atomic mass is 9.62. The molecule has 1 fully saturated rings. The van der Waals surface area contributed by atoms with Crippen LogP contribution in [0.1, 0.15) is 36.5 Å². The minimum Gasteiger partial charge on any atom is -0.449 e. The maximum absolute atomic E-state index is 13.2. The molecule has 0 aliphatic heterocycles. The molecule has 1 saturated carbocycles. The molecule has 0 aromatic heterocycles. The van der Waals surface area contributed by atoms with Gasteiger partial charge in [0.05, 0.1) is 90.1 Å². The van der Waals surface area contributed by atoms with Crippen molar-refractivity contribution in [3.05, 3.63) is 75.9 Å². The number of hydrogen-bond donors (Lipinski definition) is 2. The fourth-order valence-electron chi connectivity index (χ4n) is 6.14. The van der Waals surface area contributed by atoms with Crippen molar-refractivity contribution in [2.45, 2.75) is 39.7 Å². The Labute approximate surface area is 315 Å². The van der Waals surface area contributed by atoms with Gasteiger partial charge >= 0.3 is 12.2 Å². The first-order valence-corrected chi connectivity index (χ1v) is 17.9. The van der Waals surface area contributed by atoms with E-state index in [0.29, 0.717) is 52.6 Å². The first-order chi connectivity index (χ1) is 25.0. The van der Waals surface area contributed by atoms with E-state index in [9.17, 15) is 9.59 Å². The van der Waals surface area contributed by atoms with Gasteiger partial charge in [0.1, 0.15) is 13.2 Å². The summed E-state index contributed by atoms with van der Waals surface area (Å²) >= 11 is 0. The van der Waals surface area contributed by atoms with Gasteiger partial charge in [0.15, 0.2) is 0 Å². The summed E-state index contributed by atoms with van der Waals surface area (Å²) in [5.41, 5.74) is -1.87. The van der Waals surface area contributed by atoms with Gasteiger partial charge in [-0.25, -0.2) is 9.59 Å². The van der Waals surface area contributed by atoms with E-state index in [1.165, 1.54) is 0 Å². The van der Waals surface area contributed by atoms with Gasteiger partial charge in [-0.05, 0) is 30.1 Å². The van der Waals surface area contributed by atoms with E-state index in [4.69, 9.17) is 37.9 Å². The lowest BCUT2D eigenvalue weighted by molar-refractivity contribution is -0.0850. The number of carbonyl (C=O) groups is 2. The van der Waals surface area contributed by atoms with Gasteiger partial charge in [-0.3, -0.25) is 0 Å². The fraction of sp³-hybridized carbons (Fsp3) is 0.650. The second kappa shape index (κ2) is 26.5. The molecule has 0 bridgehead atoms. The fourth-order valence-corrected chi connectivity index (χ4v) is 6.14. The summed E-state index contributed by atoms with van der Waals surface area (Å²) in [5, 5.41) is 6.04. The van der Waals surface area contributed by atoms with Crippen molar-refractivity contribution in [3.63, 3.8) is 0 Å². The van der Waals surface area contributed by atoms with Gasteiger partial charge in [0.2, 0.25) is 0 Å². The van der Waals surface area contributed by atoms with Crippen LogP contribution in [0.4, 0.5) is 9.59 Å². The van der Waals surface area contributed by atoms with E-state index < -0.39 is 23.0 Å². The Bertz CT molecular complexity index is 1040. The van der Waals surface area contributed by atoms with Crippen molar-refractivity contribution in [3.8, 4) is 0 Å². The molecule has 2 amide bonds. The Kier molecular flexibility index (Phi) is 23.8. The molecule has 1 rings (SSSR count). The van der Waals surface area contributed by atoms with E-state index >= 15 is 0 Å². The summed E-state index contributed by atoms with van der Waals surface area (Å²) in [6.07, 6.45) is 10.2. The van der Waals surface area contributed by atoms with Crippen molar-refractivity contribution in [1.82, 2.24) is 10.6 Å². The summed E-state index contributed by atoms with van der Waals surface area (Å²) in [4.78, 5) is 26.4. The van der Waals surface area contributed by atoms with Crippen LogP contribution >= 0.6 is 0 Å². The normalized spacial score (nSPS) is 20.2. The average Bonchev–Trinajstić information content (AvgIpc) is 3.12. The zero-order valence-electron chi connectivity index (χ0n) is 32.0. The maximum atomic E-state index is 13.2. The third-order valence-electron chi connectivity index (χ3n) is 9.16. The molecule has 4 unspecified atom stereocenters. The Balaban J connectivity index is 0. The summed E-state index contributed by atoms with van der Waals surface area (Å²) in [7, 11) is 0. The van der Waals surface area contributed by atoms with Crippen LogP contribution in [0, 0.1) is 28.1 Å². The summed E-state index contributed by atoms with van der Waals surface area (Å²) in [5.74, 6) is 0.498. The lowest BCUT2D eigenvalue weighted by Crippen LogP contribution is -2.52. The van der Waals surface area contributed by atoms with Gasteiger partial charge in [0, 0.05) is 15.4 Å². The monoisotopic (exact) mass is 739 g/mol. The highest BCUT2D eigenvalue weighted by molar-refractivity contribution is 5.68. The highest BCUT2D eigenvalue weighted by Gasteiger charge is 2.43. The second-order valence-electron chi connectivity index (χ2n) is 14.0. The molecule has 0 aromatic carbocycles. The molecule has 0 saturated heterocycles. The van der Waals surface area contributed by atoms with Gasteiger partial charge < -0.3 is 48.5 Å². The van der Waals surface area contributed by atoms with Crippen LogP contribution in [0.2, 0.25) is 0 Å². The third-order valence-corrected chi connectivity index (χ3v) is 9.16. The molecule has 52 heavy (non-hydrogen) atoms. The van der Waals surface area contributed by atoms with Crippen LogP contribution in [-0.4, -0.2) is 117 Å². The first-order valence-electron chi connectivity index (χ1n) is 17.9. The van der Waals surface area contributed by atoms with Crippen molar-refractivity contribution in [1.29, 1.82) is 0 Å². The summed E-state index contributed by atoms with van der Waals surface area (Å²) in [6.45, 7) is 32.4. The van der Waals surface area contributed by atoms with Crippen molar-refractivity contribution in [2.75, 3.05) is 99.0 Å². The molecule has 0 aromatic rings. The SMILES string of the molecule is C=CCOCC(COCC=C)(COCC=C)COC(=O)NCC1(C)CC(NC(=O)OCC(COCC=C)(COCC=C)COCC=C)CC(C)C1C.[HH].[HH]. The Morgan fingerprint density at radius 3 is 1.33 bits per heavy atom. The zero-order valence-corrected chi connectivity index (χ0v) is 32.0. The molecule has 1 aliphatic carbocycles. The first kappa shape index (κ1) is 46.8. The van der Waals surface area contributed by atoms with E-state index in [1.807, 2.05) is 0 Å². The van der Waals surface area contributed by atoms with Crippen LogP contribution in [0.3, 0.4) is 0 Å². The van der Waals surface area contributed by atoms with Gasteiger partial charge in [-0.2, -0.15) is 0 Å². The Morgan fingerprint density at radius 2 is 0.981 bits per heavy atom. The van der Waals surface area contributed by atoms with E-state index in [-0.39, 0.29) is 79.0 Å². The van der Waals surface area contributed by atoms with Crippen LogP contribution in [0.15, 0.2) is 75.9 Å². The topological polar surface area (TPSA) is 132 Å². The number of nitrogens with one attached hydrogen (secondary N) is 2. The van der Waals surface area contributed by atoms with Crippen molar-refractivity contribution < 1.29 is 50.3 Å². The molecule has 0 heterocycles. The van der Waals surface area contributed by atoms with Crippen LogP contribution in [0.25, 0.3) is 0 Å². The van der Waals surface area contributed by atoms with E-state index in [2.05, 4.69) is 70.9 Å². The molecular weight excluding hydrogens is 668 g/mol. The van der Waals surface area contributed by atoms with Crippen LogP contribution < -0.4 is 10.6 Å². The smallest absolute Gasteiger partial charge is 0.407 e. The van der Waals surface area contributed by atoms with E-state index in [1.54, 1.807) is 36.5 Å². The Morgan fingerprint density at radius 1 is 0.635 bits per heavy atom. The quantitative estimate of drug-likeness (QED) is 0.0596. The van der Waals surface area contributed by atoms with Gasteiger partial charge in [-0.1, -0.05) is 57.2 Å². The zero-order chi connectivity index (χ0) is 38.7. The molecule has 12 nitrogen and oxygen atoms in total. The lowest BCUT2D eigenvalue weighted by Gasteiger charge is -2.47. The standard InChI is InChI=1S/C40H66N2O10.2H2/c1-10-16-45-25-39(26-46-17-11-2,27-47-18-12-3)31-51-36(43)41-24-38(9)23-35(22-33(7)34(38)8)42-37(44)52-32-40(28-48-19-13-4,29-49-20-14-5)30-50-21-15-6;;/h10-15,33-35H,1-6,16-32H2,7-9H3,(H,41,43)(H,42,44);2*1H. The van der Waals surface area contributed by atoms with Gasteiger partial charge in [-0.15, -0.1) is 39.5 Å². The largest absolute Gasteiger partial charge is 0.449 e. The number of hydrogen-bond acceptors (Lipinski definition) is 10. The number of amides is 2. The summed E-state index contributed by atoms with van der Waals surface area (Å²) in [6, 6.07) is -0.180. The van der Waals surface area contributed by atoms with Crippen molar-refractivity contribution >= 4 is 12.2 Å². The maximum Gasteiger partial charge on any atom is 0.407 e. The average molecular weight is 739 g/mol. The number of carbonyl (C=O) groups excluding carboxylic acids is 2. The molecule has 0 radical (unpaired) electrons. The molecule has 2 N–H and O–H groups in total.